The second-order valence-electron chi connectivity index (χ2n) is 10.3. The summed E-state index contributed by atoms with van der Waals surface area (Å²) in [5.41, 5.74) is 4.03. The summed E-state index contributed by atoms with van der Waals surface area (Å²) in [6.07, 6.45) is -0.951. The van der Waals surface area contributed by atoms with Crippen molar-refractivity contribution in [3.63, 3.8) is 0 Å². The molecule has 1 unspecified atom stereocenters. The van der Waals surface area contributed by atoms with Crippen LogP contribution in [0, 0.1) is 5.41 Å². The quantitative estimate of drug-likeness (QED) is 0.124. The van der Waals surface area contributed by atoms with Crippen LogP contribution < -0.4 is 16.1 Å². The van der Waals surface area contributed by atoms with Gasteiger partial charge in [-0.1, -0.05) is 60.7 Å². The van der Waals surface area contributed by atoms with Crippen LogP contribution in [-0.4, -0.2) is 40.4 Å². The van der Waals surface area contributed by atoms with Crippen LogP contribution in [0.4, 0.5) is 15.3 Å². The molecule has 220 valence electrons. The molecule has 42 heavy (non-hydrogen) atoms. The summed E-state index contributed by atoms with van der Waals surface area (Å²) in [4.78, 5) is 50.3. The highest BCUT2D eigenvalue weighted by Crippen LogP contribution is 2.24. The molecule has 0 heterocycles. The summed E-state index contributed by atoms with van der Waals surface area (Å²) >= 11 is 0. The number of carbonyl (C=O) groups is 4. The molecule has 0 saturated heterocycles. The van der Waals surface area contributed by atoms with Crippen LogP contribution in [0.2, 0.25) is 0 Å². The van der Waals surface area contributed by atoms with E-state index in [9.17, 15) is 19.2 Å². The van der Waals surface area contributed by atoms with Crippen molar-refractivity contribution in [3.8, 4) is 0 Å². The zero-order valence-corrected chi connectivity index (χ0v) is 24.0. The summed E-state index contributed by atoms with van der Waals surface area (Å²) in [5, 5.41) is 14.2. The summed E-state index contributed by atoms with van der Waals surface area (Å²) in [6.45, 7) is 6.51. The van der Waals surface area contributed by atoms with Crippen LogP contribution >= 0.6 is 0 Å². The smallest absolute Gasteiger partial charge is 0.413 e. The lowest BCUT2D eigenvalue weighted by atomic mass is 10.0. The molecule has 4 N–H and O–H groups in total. The molecule has 3 aromatic rings. The maximum absolute atomic E-state index is 12.9. The number of rotatable bonds is 8. The van der Waals surface area contributed by atoms with Gasteiger partial charge in [0, 0.05) is 18.2 Å². The average molecular weight is 574 g/mol. The number of anilines is 1. The van der Waals surface area contributed by atoms with Gasteiger partial charge >= 0.3 is 18.1 Å². The number of ether oxygens (including phenoxy) is 2. The van der Waals surface area contributed by atoms with E-state index in [0.29, 0.717) is 16.8 Å². The molecule has 1 atom stereocenters. The van der Waals surface area contributed by atoms with Gasteiger partial charge in [-0.25, -0.2) is 20.0 Å². The Labute approximate surface area is 244 Å². The predicted molar refractivity (Wildman–Crippen MR) is 157 cm³/mol. The normalized spacial score (nSPS) is 11.4. The van der Waals surface area contributed by atoms with E-state index in [1.807, 2.05) is 30.3 Å². The van der Waals surface area contributed by atoms with Gasteiger partial charge in [0.05, 0.1) is 12.5 Å². The van der Waals surface area contributed by atoms with Crippen LogP contribution in [0.25, 0.3) is 0 Å². The van der Waals surface area contributed by atoms with Gasteiger partial charge in [0.25, 0.3) is 0 Å². The maximum Gasteiger partial charge on any atom is 0.413 e. The zero-order valence-electron chi connectivity index (χ0n) is 24.0. The minimum Gasteiger partial charge on any atom is -0.461 e. The van der Waals surface area contributed by atoms with E-state index in [1.165, 1.54) is 31.2 Å². The molecule has 0 saturated carbocycles. The lowest BCUT2D eigenvalue weighted by Gasteiger charge is -2.31. The number of alkyl carbamates (subject to hydrolysis) is 1. The molecule has 0 aliphatic rings. The van der Waals surface area contributed by atoms with Gasteiger partial charge in [-0.05, 0) is 56.2 Å². The molecule has 0 radical (unpaired) electrons. The minimum atomic E-state index is -0.834. The highest BCUT2D eigenvalue weighted by atomic mass is 16.6. The fraction of sp³-hybridized carbons (Fsp3) is 0.258. The molecule has 4 amide bonds. The van der Waals surface area contributed by atoms with E-state index in [1.54, 1.807) is 51.1 Å². The predicted octanol–water partition coefficient (Wildman–Crippen LogP) is 5.30. The lowest BCUT2D eigenvalue weighted by Crippen LogP contribution is -2.49. The number of hydrogen-bond donors (Lipinski definition) is 4. The number of amides is 4. The number of nitrogens with one attached hydrogen (secondary N) is 4. The molecule has 0 aromatic heterocycles. The lowest BCUT2D eigenvalue weighted by molar-refractivity contribution is -0.148. The van der Waals surface area contributed by atoms with E-state index in [4.69, 9.17) is 14.9 Å². The fourth-order valence-corrected chi connectivity index (χ4v) is 3.83. The Morgan fingerprint density at radius 3 is 2.05 bits per heavy atom. The first-order chi connectivity index (χ1) is 19.9. The molecule has 0 spiro atoms. The molecule has 0 aliphatic heterocycles. The van der Waals surface area contributed by atoms with Gasteiger partial charge in [0.1, 0.15) is 18.0 Å². The first-order valence-corrected chi connectivity index (χ1v) is 13.2. The molecular weight excluding hydrogens is 538 g/mol. The van der Waals surface area contributed by atoms with Gasteiger partial charge in [0.2, 0.25) is 5.91 Å². The van der Waals surface area contributed by atoms with Crippen molar-refractivity contribution in [1.29, 1.82) is 5.41 Å². The number of hydrogen-bond acceptors (Lipinski definition) is 7. The van der Waals surface area contributed by atoms with Crippen LogP contribution in [-0.2, 0) is 25.7 Å². The minimum absolute atomic E-state index is 0.0793. The highest BCUT2D eigenvalue weighted by Gasteiger charge is 2.28. The van der Waals surface area contributed by atoms with Crippen molar-refractivity contribution in [1.82, 2.24) is 15.8 Å². The van der Waals surface area contributed by atoms with Gasteiger partial charge in [-0.15, -0.1) is 0 Å². The largest absolute Gasteiger partial charge is 0.461 e. The van der Waals surface area contributed by atoms with Gasteiger partial charge < -0.3 is 14.8 Å². The molecule has 3 aromatic carbocycles. The standard InChI is InChI=1S/C31H35N5O6/c1-21(37)36(26(23-13-9-6-10-14-23)19-27(38)41-20-22-11-7-5-8-12-22)35-29(39)33-25-17-15-24(16-18-25)28(32)34-30(40)42-31(2,3)4/h5-18,26H,19-20H2,1-4H3,(H2,32,34,40)(H2,33,35,39). The van der Waals surface area contributed by atoms with E-state index in [-0.39, 0.29) is 18.9 Å². The summed E-state index contributed by atoms with van der Waals surface area (Å²) in [5.74, 6) is -1.21. The monoisotopic (exact) mass is 573 g/mol. The van der Waals surface area contributed by atoms with Crippen molar-refractivity contribution in [2.75, 3.05) is 5.32 Å². The van der Waals surface area contributed by atoms with Crippen LogP contribution in [0.5, 0.6) is 0 Å². The molecule has 3 rings (SSSR count). The maximum atomic E-state index is 12.9. The topological polar surface area (TPSA) is 150 Å². The van der Waals surface area contributed by atoms with Gasteiger partial charge in [-0.3, -0.25) is 20.3 Å². The molecule has 0 fully saturated rings. The molecule has 11 heteroatoms. The summed E-state index contributed by atoms with van der Waals surface area (Å²) in [7, 11) is 0. The average Bonchev–Trinajstić information content (AvgIpc) is 2.94. The summed E-state index contributed by atoms with van der Waals surface area (Å²) in [6, 6.07) is 22.7. The Morgan fingerprint density at radius 2 is 1.48 bits per heavy atom. The van der Waals surface area contributed by atoms with E-state index in [0.717, 1.165) is 10.6 Å². The second kappa shape index (κ2) is 14.4. The van der Waals surface area contributed by atoms with Gasteiger partial charge in [-0.2, -0.15) is 0 Å². The van der Waals surface area contributed by atoms with Crippen molar-refractivity contribution in [3.05, 3.63) is 102 Å². The number of benzene rings is 3. The Kier molecular flexibility index (Phi) is 10.8. The summed E-state index contributed by atoms with van der Waals surface area (Å²) < 4.78 is 10.6. The fourth-order valence-electron chi connectivity index (χ4n) is 3.83. The Balaban J connectivity index is 1.66. The third-order valence-electron chi connectivity index (χ3n) is 5.72. The third kappa shape index (κ3) is 10.1. The molecule has 0 aliphatic carbocycles. The van der Waals surface area contributed by atoms with Crippen molar-refractivity contribution < 1.29 is 28.7 Å². The Bertz CT molecular complexity index is 1390. The van der Waals surface area contributed by atoms with Gasteiger partial charge in [0.15, 0.2) is 0 Å². The molecule has 0 bridgehead atoms. The van der Waals surface area contributed by atoms with E-state index >= 15 is 0 Å². The first-order valence-electron chi connectivity index (χ1n) is 13.2. The van der Waals surface area contributed by atoms with Crippen LogP contribution in [0.1, 0.15) is 56.8 Å². The second-order valence-corrected chi connectivity index (χ2v) is 10.3. The third-order valence-corrected chi connectivity index (χ3v) is 5.72. The zero-order chi connectivity index (χ0) is 30.7. The van der Waals surface area contributed by atoms with E-state index in [2.05, 4.69) is 16.1 Å². The molecule has 11 nitrogen and oxygen atoms in total. The number of carbonyl (C=O) groups excluding carboxylic acids is 4. The number of amidine groups is 1. The number of nitrogens with zero attached hydrogens (tertiary/aromatic N) is 1. The Hall–Kier alpha value is -5.19. The Morgan fingerprint density at radius 1 is 0.881 bits per heavy atom. The number of hydrazine groups is 1. The SMILES string of the molecule is CC(=O)N(NC(=O)Nc1ccc(C(=N)NC(=O)OC(C)(C)C)cc1)C(CC(=O)OCc1ccccc1)c1ccccc1. The van der Waals surface area contributed by atoms with Crippen LogP contribution in [0.3, 0.4) is 0 Å². The molecular formula is C31H35N5O6. The van der Waals surface area contributed by atoms with Crippen LogP contribution in [0.15, 0.2) is 84.9 Å². The van der Waals surface area contributed by atoms with E-state index < -0.39 is 35.6 Å². The number of esters is 1. The first kappa shape index (κ1) is 31.3. The highest BCUT2D eigenvalue weighted by molar-refractivity contribution is 6.05. The number of urea groups is 1. The van der Waals surface area contributed by atoms with Crippen molar-refractivity contribution >= 4 is 35.5 Å². The van der Waals surface area contributed by atoms with Crippen molar-refractivity contribution in [2.45, 2.75) is 52.4 Å². The van der Waals surface area contributed by atoms with Crippen molar-refractivity contribution in [2.24, 2.45) is 0 Å².